The summed E-state index contributed by atoms with van der Waals surface area (Å²) in [5.41, 5.74) is 0. The van der Waals surface area contributed by atoms with Crippen LogP contribution in [0, 0.1) is 5.92 Å². The van der Waals surface area contributed by atoms with Crippen LogP contribution in [-0.2, 0) is 4.79 Å². The molecule has 0 amide bonds. The molecule has 0 aromatic carbocycles. The SMILES string of the molecule is O=C1CCN2C(CCC3CC(Cl)CCC32)C1. The zero-order valence-electron chi connectivity index (χ0n) is 9.70. The van der Waals surface area contributed by atoms with Gasteiger partial charge in [-0.1, -0.05) is 0 Å². The Balaban J connectivity index is 1.73. The van der Waals surface area contributed by atoms with Crippen molar-refractivity contribution in [3.63, 3.8) is 0 Å². The molecule has 0 aromatic heterocycles. The number of Topliss-reactive ketones (excluding diaryl/α,β-unsaturated/α-hetero) is 1. The number of carbonyl (C=O) groups is 1. The number of rotatable bonds is 0. The van der Waals surface area contributed by atoms with Crippen LogP contribution in [0.1, 0.15) is 44.9 Å². The van der Waals surface area contributed by atoms with Crippen molar-refractivity contribution in [1.29, 1.82) is 0 Å². The fourth-order valence-electron chi connectivity index (χ4n) is 3.97. The second-order valence-electron chi connectivity index (χ2n) is 5.70. The van der Waals surface area contributed by atoms with Crippen LogP contribution in [0.25, 0.3) is 0 Å². The van der Waals surface area contributed by atoms with Gasteiger partial charge in [0.05, 0.1) is 0 Å². The van der Waals surface area contributed by atoms with Crippen molar-refractivity contribution in [2.45, 2.75) is 62.4 Å². The standard InChI is InChI=1S/C13H20ClNO/c14-10-2-4-13-9(7-10)1-3-11-8-12(16)5-6-15(11)13/h9-11,13H,1-8H2. The molecule has 2 saturated heterocycles. The summed E-state index contributed by atoms with van der Waals surface area (Å²) in [6.45, 7) is 1.01. The number of ketones is 1. The van der Waals surface area contributed by atoms with Gasteiger partial charge in [-0.3, -0.25) is 9.69 Å². The first kappa shape index (κ1) is 11.0. The molecule has 4 unspecified atom stereocenters. The summed E-state index contributed by atoms with van der Waals surface area (Å²) >= 11 is 6.26. The molecule has 90 valence electrons. The summed E-state index contributed by atoms with van der Waals surface area (Å²) in [5, 5.41) is 0.407. The monoisotopic (exact) mass is 241 g/mol. The van der Waals surface area contributed by atoms with Crippen LogP contribution in [0.5, 0.6) is 0 Å². The molecule has 2 heterocycles. The summed E-state index contributed by atoms with van der Waals surface area (Å²) in [5.74, 6) is 1.28. The van der Waals surface area contributed by atoms with Crippen LogP contribution in [-0.4, -0.2) is 34.7 Å². The van der Waals surface area contributed by atoms with Crippen molar-refractivity contribution in [2.75, 3.05) is 6.54 Å². The summed E-state index contributed by atoms with van der Waals surface area (Å²) in [6, 6.07) is 1.30. The van der Waals surface area contributed by atoms with E-state index >= 15 is 0 Å². The molecule has 3 heteroatoms. The first-order valence-electron chi connectivity index (χ1n) is 6.65. The summed E-state index contributed by atoms with van der Waals surface area (Å²) < 4.78 is 0. The second kappa shape index (κ2) is 4.30. The third-order valence-corrected chi connectivity index (χ3v) is 5.15. The molecule has 3 fully saturated rings. The van der Waals surface area contributed by atoms with Gasteiger partial charge in [-0.25, -0.2) is 0 Å². The molecule has 0 aromatic rings. The molecule has 1 saturated carbocycles. The van der Waals surface area contributed by atoms with Crippen molar-refractivity contribution in [3.05, 3.63) is 0 Å². The zero-order chi connectivity index (χ0) is 11.1. The fourth-order valence-corrected chi connectivity index (χ4v) is 4.32. The lowest BCUT2D eigenvalue weighted by Gasteiger charge is -2.51. The van der Waals surface area contributed by atoms with E-state index in [1.54, 1.807) is 0 Å². The minimum Gasteiger partial charge on any atom is -0.300 e. The van der Waals surface area contributed by atoms with E-state index in [4.69, 9.17) is 11.6 Å². The molecule has 3 rings (SSSR count). The Morgan fingerprint density at radius 2 is 2.06 bits per heavy atom. The van der Waals surface area contributed by atoms with Gasteiger partial charge >= 0.3 is 0 Å². The normalized spacial score (nSPS) is 44.9. The maximum absolute atomic E-state index is 11.5. The van der Waals surface area contributed by atoms with E-state index in [0.29, 0.717) is 17.2 Å². The van der Waals surface area contributed by atoms with Crippen molar-refractivity contribution in [3.8, 4) is 0 Å². The van der Waals surface area contributed by atoms with Gasteiger partial charge in [0, 0.05) is 36.8 Å². The van der Waals surface area contributed by atoms with Gasteiger partial charge < -0.3 is 0 Å². The number of piperidine rings is 2. The molecule has 0 bridgehead atoms. The number of nitrogens with zero attached hydrogens (tertiary/aromatic N) is 1. The predicted octanol–water partition coefficient (Wildman–Crippen LogP) is 2.59. The van der Waals surface area contributed by atoms with Crippen molar-refractivity contribution < 1.29 is 4.79 Å². The van der Waals surface area contributed by atoms with Gasteiger partial charge in [0.25, 0.3) is 0 Å². The number of fused-ring (bicyclic) bond motifs is 3. The molecule has 1 aliphatic carbocycles. The van der Waals surface area contributed by atoms with Gasteiger partial charge in [0.15, 0.2) is 0 Å². The number of alkyl halides is 1. The Kier molecular flexibility index (Phi) is 2.97. The number of halogens is 1. The molecule has 0 N–H and O–H groups in total. The highest BCUT2D eigenvalue weighted by molar-refractivity contribution is 6.20. The summed E-state index contributed by atoms with van der Waals surface area (Å²) in [4.78, 5) is 14.1. The molecule has 2 aliphatic heterocycles. The van der Waals surface area contributed by atoms with E-state index < -0.39 is 0 Å². The van der Waals surface area contributed by atoms with Crippen molar-refractivity contribution >= 4 is 17.4 Å². The van der Waals surface area contributed by atoms with Gasteiger partial charge in [-0.2, -0.15) is 0 Å². The first-order chi connectivity index (χ1) is 7.74. The van der Waals surface area contributed by atoms with Crippen LogP contribution in [0.4, 0.5) is 0 Å². The Labute approximate surface area is 102 Å². The lowest BCUT2D eigenvalue weighted by Crippen LogP contribution is -2.56. The van der Waals surface area contributed by atoms with Crippen molar-refractivity contribution in [2.24, 2.45) is 5.92 Å². The fraction of sp³-hybridized carbons (Fsp3) is 0.923. The molecule has 16 heavy (non-hydrogen) atoms. The van der Waals surface area contributed by atoms with Crippen LogP contribution < -0.4 is 0 Å². The highest BCUT2D eigenvalue weighted by Gasteiger charge is 2.42. The first-order valence-corrected chi connectivity index (χ1v) is 7.09. The zero-order valence-corrected chi connectivity index (χ0v) is 10.5. The van der Waals surface area contributed by atoms with Crippen LogP contribution in [0.2, 0.25) is 0 Å². The smallest absolute Gasteiger partial charge is 0.135 e. The maximum Gasteiger partial charge on any atom is 0.135 e. The molecule has 2 nitrogen and oxygen atoms in total. The molecule has 0 radical (unpaired) electrons. The van der Waals surface area contributed by atoms with Gasteiger partial charge in [0.1, 0.15) is 5.78 Å². The van der Waals surface area contributed by atoms with Crippen LogP contribution in [0.3, 0.4) is 0 Å². The van der Waals surface area contributed by atoms with E-state index in [1.165, 1.54) is 32.1 Å². The Bertz CT molecular complexity index is 294. The molecule has 0 spiro atoms. The topological polar surface area (TPSA) is 20.3 Å². The van der Waals surface area contributed by atoms with E-state index in [1.807, 2.05) is 0 Å². The number of carbonyl (C=O) groups excluding carboxylic acids is 1. The third-order valence-electron chi connectivity index (χ3n) is 4.76. The quantitative estimate of drug-likeness (QED) is 0.608. The maximum atomic E-state index is 11.5. The minimum absolute atomic E-state index is 0.407. The Morgan fingerprint density at radius 3 is 2.94 bits per heavy atom. The number of hydrogen-bond donors (Lipinski definition) is 0. The second-order valence-corrected chi connectivity index (χ2v) is 6.32. The lowest BCUT2D eigenvalue weighted by molar-refractivity contribution is -0.126. The lowest BCUT2D eigenvalue weighted by atomic mass is 9.74. The Morgan fingerprint density at radius 1 is 1.19 bits per heavy atom. The Hall–Kier alpha value is -0.0800. The van der Waals surface area contributed by atoms with Gasteiger partial charge in [-0.05, 0) is 38.0 Å². The predicted molar refractivity (Wildman–Crippen MR) is 64.7 cm³/mol. The highest BCUT2D eigenvalue weighted by Crippen LogP contribution is 2.41. The van der Waals surface area contributed by atoms with E-state index in [-0.39, 0.29) is 0 Å². The van der Waals surface area contributed by atoms with E-state index in [2.05, 4.69) is 4.90 Å². The van der Waals surface area contributed by atoms with Crippen LogP contribution >= 0.6 is 11.6 Å². The largest absolute Gasteiger partial charge is 0.300 e. The van der Waals surface area contributed by atoms with E-state index in [9.17, 15) is 4.79 Å². The van der Waals surface area contributed by atoms with E-state index in [0.717, 1.165) is 31.3 Å². The third kappa shape index (κ3) is 1.91. The summed E-state index contributed by atoms with van der Waals surface area (Å²) in [7, 11) is 0. The van der Waals surface area contributed by atoms with Crippen LogP contribution in [0.15, 0.2) is 0 Å². The van der Waals surface area contributed by atoms with Gasteiger partial charge in [-0.15, -0.1) is 11.6 Å². The molecular formula is C13H20ClNO. The average molecular weight is 242 g/mol. The average Bonchev–Trinajstić information content (AvgIpc) is 2.28. The number of hydrogen-bond acceptors (Lipinski definition) is 2. The summed E-state index contributed by atoms with van der Waals surface area (Å²) in [6.07, 6.45) is 7.73. The molecule has 3 aliphatic rings. The van der Waals surface area contributed by atoms with Crippen molar-refractivity contribution in [1.82, 2.24) is 4.90 Å². The minimum atomic E-state index is 0.407. The molecular weight excluding hydrogens is 222 g/mol. The van der Waals surface area contributed by atoms with Gasteiger partial charge in [0.2, 0.25) is 0 Å². The highest BCUT2D eigenvalue weighted by atomic mass is 35.5. The molecule has 4 atom stereocenters.